The van der Waals surface area contributed by atoms with E-state index in [0.29, 0.717) is 5.69 Å². The molecule has 124 valence electrons. The van der Waals surface area contributed by atoms with Crippen LogP contribution in [0.2, 0.25) is 0 Å². The number of aliphatic hydroxyl groups is 1. The first kappa shape index (κ1) is 18.0. The maximum Gasteiger partial charge on any atom is 0.422 e. The van der Waals surface area contributed by atoms with E-state index in [-0.39, 0.29) is 12.4 Å². The molecule has 0 aliphatic rings. The average molecular weight is 321 g/mol. The van der Waals surface area contributed by atoms with Crippen LogP contribution >= 0.6 is 0 Å². The standard InChI is InChI=1S/C13H18F3N3O3/c1-12(2,21)7-19(3)11(20)18-9-4-5-10(17-6-9)22-8-13(14,15)16/h4-6,21H,7-8H2,1-3H3,(H,18,20). The third-order valence-corrected chi connectivity index (χ3v) is 2.34. The van der Waals surface area contributed by atoms with Gasteiger partial charge in [0.05, 0.1) is 24.0 Å². The summed E-state index contributed by atoms with van der Waals surface area (Å²) in [5, 5.41) is 12.1. The fraction of sp³-hybridized carbons (Fsp3) is 0.538. The Hall–Kier alpha value is -2.03. The molecule has 0 aliphatic heterocycles. The summed E-state index contributed by atoms with van der Waals surface area (Å²) in [6.07, 6.45) is -3.25. The van der Waals surface area contributed by atoms with Gasteiger partial charge in [-0.3, -0.25) is 0 Å². The number of halogens is 3. The van der Waals surface area contributed by atoms with E-state index in [0.717, 1.165) is 0 Å². The van der Waals surface area contributed by atoms with Crippen molar-refractivity contribution in [2.75, 3.05) is 25.5 Å². The number of anilines is 1. The summed E-state index contributed by atoms with van der Waals surface area (Å²) in [5.74, 6) is -0.194. The third-order valence-electron chi connectivity index (χ3n) is 2.34. The molecular formula is C13H18F3N3O3. The fourth-order valence-electron chi connectivity index (χ4n) is 1.57. The highest BCUT2D eigenvalue weighted by Crippen LogP contribution is 2.18. The van der Waals surface area contributed by atoms with Gasteiger partial charge in [0.1, 0.15) is 0 Å². The molecule has 0 aromatic carbocycles. The number of hydrogen-bond donors (Lipinski definition) is 2. The normalized spacial score (nSPS) is 12.0. The summed E-state index contributed by atoms with van der Waals surface area (Å²) in [6.45, 7) is 1.80. The van der Waals surface area contributed by atoms with Crippen molar-refractivity contribution in [1.29, 1.82) is 0 Å². The van der Waals surface area contributed by atoms with Crippen LogP contribution in [0.1, 0.15) is 13.8 Å². The summed E-state index contributed by atoms with van der Waals surface area (Å²) >= 11 is 0. The molecule has 1 rings (SSSR count). The number of aromatic nitrogens is 1. The van der Waals surface area contributed by atoms with Gasteiger partial charge in [-0.2, -0.15) is 13.2 Å². The topological polar surface area (TPSA) is 74.7 Å². The molecule has 6 nitrogen and oxygen atoms in total. The highest BCUT2D eigenvalue weighted by molar-refractivity contribution is 5.88. The van der Waals surface area contributed by atoms with Gasteiger partial charge in [-0.1, -0.05) is 0 Å². The van der Waals surface area contributed by atoms with Gasteiger partial charge in [0.25, 0.3) is 0 Å². The number of rotatable bonds is 5. The lowest BCUT2D eigenvalue weighted by molar-refractivity contribution is -0.154. The van der Waals surface area contributed by atoms with E-state index in [1.54, 1.807) is 13.8 Å². The number of carbonyl (C=O) groups excluding carboxylic acids is 1. The summed E-state index contributed by atoms with van der Waals surface area (Å²) in [7, 11) is 1.50. The first-order chi connectivity index (χ1) is 9.96. The Morgan fingerprint density at radius 1 is 1.41 bits per heavy atom. The number of carbonyl (C=O) groups is 1. The zero-order chi connectivity index (χ0) is 17.0. The maximum absolute atomic E-state index is 12.0. The molecule has 22 heavy (non-hydrogen) atoms. The fourth-order valence-corrected chi connectivity index (χ4v) is 1.57. The summed E-state index contributed by atoms with van der Waals surface area (Å²) < 4.78 is 40.4. The van der Waals surface area contributed by atoms with E-state index in [1.165, 1.54) is 30.3 Å². The molecule has 0 unspecified atom stereocenters. The maximum atomic E-state index is 12.0. The largest absolute Gasteiger partial charge is 0.468 e. The predicted molar refractivity (Wildman–Crippen MR) is 73.7 cm³/mol. The molecule has 0 bridgehead atoms. The third kappa shape index (κ3) is 7.11. The molecule has 0 radical (unpaired) electrons. The van der Waals surface area contributed by atoms with Crippen LogP contribution in [-0.4, -0.2) is 53.0 Å². The van der Waals surface area contributed by atoms with Gasteiger partial charge in [0, 0.05) is 13.1 Å². The van der Waals surface area contributed by atoms with Crippen molar-refractivity contribution < 1.29 is 27.8 Å². The van der Waals surface area contributed by atoms with Crippen LogP contribution in [0.4, 0.5) is 23.7 Å². The molecule has 0 fully saturated rings. The highest BCUT2D eigenvalue weighted by atomic mass is 19.4. The van der Waals surface area contributed by atoms with Crippen LogP contribution in [0.25, 0.3) is 0 Å². The Labute approximate surface area is 125 Å². The zero-order valence-electron chi connectivity index (χ0n) is 12.4. The minimum absolute atomic E-state index is 0.110. The molecule has 9 heteroatoms. The Bertz CT molecular complexity index is 498. The monoisotopic (exact) mass is 321 g/mol. The number of nitrogens with one attached hydrogen (secondary N) is 1. The minimum atomic E-state index is -4.44. The van der Waals surface area contributed by atoms with Crippen molar-refractivity contribution >= 4 is 11.7 Å². The molecule has 1 aromatic rings. The van der Waals surface area contributed by atoms with E-state index < -0.39 is 24.4 Å². The molecule has 1 aromatic heterocycles. The van der Waals surface area contributed by atoms with Gasteiger partial charge in [-0.15, -0.1) is 0 Å². The Morgan fingerprint density at radius 3 is 2.50 bits per heavy atom. The molecule has 0 saturated heterocycles. The van der Waals surface area contributed by atoms with E-state index in [2.05, 4.69) is 15.0 Å². The molecule has 2 N–H and O–H groups in total. The van der Waals surface area contributed by atoms with E-state index in [4.69, 9.17) is 0 Å². The van der Waals surface area contributed by atoms with Gasteiger partial charge in [-0.25, -0.2) is 9.78 Å². The van der Waals surface area contributed by atoms with Gasteiger partial charge < -0.3 is 20.1 Å². The average Bonchev–Trinajstić information content (AvgIpc) is 2.35. The first-order valence-corrected chi connectivity index (χ1v) is 6.36. The van der Waals surface area contributed by atoms with Crippen molar-refractivity contribution in [1.82, 2.24) is 9.88 Å². The van der Waals surface area contributed by atoms with Crippen LogP contribution in [-0.2, 0) is 0 Å². The van der Waals surface area contributed by atoms with Crippen LogP contribution in [0.3, 0.4) is 0 Å². The quantitative estimate of drug-likeness (QED) is 0.872. The Morgan fingerprint density at radius 2 is 2.05 bits per heavy atom. The van der Waals surface area contributed by atoms with Crippen molar-refractivity contribution in [2.24, 2.45) is 0 Å². The number of nitrogens with zero attached hydrogens (tertiary/aromatic N) is 2. The van der Waals surface area contributed by atoms with Crippen molar-refractivity contribution in [2.45, 2.75) is 25.6 Å². The molecule has 0 atom stereocenters. The summed E-state index contributed by atoms with van der Waals surface area (Å²) in [4.78, 5) is 16.8. The number of likely N-dealkylation sites (N-methyl/N-ethyl adjacent to an activating group) is 1. The molecule has 0 spiro atoms. The smallest absolute Gasteiger partial charge is 0.422 e. The van der Waals surface area contributed by atoms with Gasteiger partial charge in [0.2, 0.25) is 5.88 Å². The minimum Gasteiger partial charge on any atom is -0.468 e. The molecule has 1 heterocycles. The van der Waals surface area contributed by atoms with Crippen LogP contribution in [0, 0.1) is 0 Å². The predicted octanol–water partition coefficient (Wildman–Crippen LogP) is 2.26. The number of alkyl halides is 3. The Kier molecular flexibility index (Phi) is 5.59. The second-order valence-corrected chi connectivity index (χ2v) is 5.39. The van der Waals surface area contributed by atoms with E-state index in [9.17, 15) is 23.1 Å². The Balaban J connectivity index is 2.55. The summed E-state index contributed by atoms with van der Waals surface area (Å²) in [6, 6.07) is 2.11. The molecular weight excluding hydrogens is 303 g/mol. The number of hydrogen-bond acceptors (Lipinski definition) is 4. The highest BCUT2D eigenvalue weighted by Gasteiger charge is 2.28. The van der Waals surface area contributed by atoms with Crippen LogP contribution in [0.5, 0.6) is 5.88 Å². The zero-order valence-corrected chi connectivity index (χ0v) is 12.4. The number of pyridine rings is 1. The lowest BCUT2D eigenvalue weighted by Crippen LogP contribution is -2.41. The molecule has 0 saturated carbocycles. The molecule has 0 aliphatic carbocycles. The number of ether oxygens (including phenoxy) is 1. The SMILES string of the molecule is CN(CC(C)(C)O)C(=O)Nc1ccc(OCC(F)(F)F)nc1. The van der Waals surface area contributed by atoms with Crippen LogP contribution in [0.15, 0.2) is 18.3 Å². The number of amides is 2. The van der Waals surface area contributed by atoms with E-state index in [1.807, 2.05) is 0 Å². The number of urea groups is 1. The van der Waals surface area contributed by atoms with Crippen molar-refractivity contribution in [3.63, 3.8) is 0 Å². The second kappa shape index (κ2) is 6.82. The van der Waals surface area contributed by atoms with Crippen molar-refractivity contribution in [3.8, 4) is 5.88 Å². The van der Waals surface area contributed by atoms with Gasteiger partial charge >= 0.3 is 12.2 Å². The van der Waals surface area contributed by atoms with Gasteiger partial charge in [0.15, 0.2) is 6.61 Å². The summed E-state index contributed by atoms with van der Waals surface area (Å²) in [5.41, 5.74) is -0.744. The van der Waals surface area contributed by atoms with Crippen molar-refractivity contribution in [3.05, 3.63) is 18.3 Å². The lowest BCUT2D eigenvalue weighted by Gasteiger charge is -2.25. The molecule has 2 amide bonds. The van der Waals surface area contributed by atoms with Gasteiger partial charge in [-0.05, 0) is 19.9 Å². The lowest BCUT2D eigenvalue weighted by atomic mass is 10.1. The van der Waals surface area contributed by atoms with E-state index >= 15 is 0 Å². The first-order valence-electron chi connectivity index (χ1n) is 6.36. The second-order valence-electron chi connectivity index (χ2n) is 5.39. The van der Waals surface area contributed by atoms with Crippen LogP contribution < -0.4 is 10.1 Å².